The first kappa shape index (κ1) is 14.1. The Balaban J connectivity index is 1.83. The third-order valence-electron chi connectivity index (χ3n) is 5.01. The molecule has 2 atom stereocenters. The highest BCUT2D eigenvalue weighted by molar-refractivity contribution is 9.10. The highest BCUT2D eigenvalue weighted by Gasteiger charge is 2.49. The van der Waals surface area contributed by atoms with E-state index in [1.165, 1.54) is 19.3 Å². The van der Waals surface area contributed by atoms with Gasteiger partial charge in [0.1, 0.15) is 0 Å². The van der Waals surface area contributed by atoms with Gasteiger partial charge in [0.15, 0.2) is 0 Å². The summed E-state index contributed by atoms with van der Waals surface area (Å²) in [5.74, 6) is 0.706. The fourth-order valence-electron chi connectivity index (χ4n) is 3.68. The molecule has 0 aromatic heterocycles. The number of rotatable bonds is 2. The molecule has 3 rings (SSSR count). The molecule has 1 amide bonds. The molecule has 2 aliphatic rings. The Kier molecular flexibility index (Phi) is 3.87. The lowest BCUT2D eigenvalue weighted by atomic mass is 9.67. The summed E-state index contributed by atoms with van der Waals surface area (Å²) in [4.78, 5) is 12.9. The summed E-state index contributed by atoms with van der Waals surface area (Å²) in [5.41, 5.74) is 1.83. The molecular weight excluding hydrogens is 316 g/mol. The van der Waals surface area contributed by atoms with Crippen LogP contribution in [0.3, 0.4) is 0 Å². The minimum absolute atomic E-state index is 0.187. The van der Waals surface area contributed by atoms with Crippen molar-refractivity contribution in [2.75, 3.05) is 18.4 Å². The Bertz CT molecular complexity index is 531. The zero-order valence-corrected chi connectivity index (χ0v) is 13.4. The van der Waals surface area contributed by atoms with E-state index in [1.807, 2.05) is 25.1 Å². The molecule has 1 heterocycles. The van der Waals surface area contributed by atoms with Crippen LogP contribution >= 0.6 is 15.9 Å². The zero-order chi connectivity index (χ0) is 14.2. The number of carbonyl (C=O) groups excluding carboxylic acids is 1. The van der Waals surface area contributed by atoms with Crippen LogP contribution in [0.2, 0.25) is 0 Å². The maximum absolute atomic E-state index is 12.9. The van der Waals surface area contributed by atoms with Gasteiger partial charge < -0.3 is 10.6 Å². The first-order chi connectivity index (χ1) is 9.63. The van der Waals surface area contributed by atoms with Gasteiger partial charge in [0.05, 0.1) is 5.41 Å². The molecule has 0 unspecified atom stereocenters. The van der Waals surface area contributed by atoms with Crippen LogP contribution in [0.4, 0.5) is 5.69 Å². The van der Waals surface area contributed by atoms with Crippen LogP contribution in [0.15, 0.2) is 22.7 Å². The highest BCUT2D eigenvalue weighted by Crippen LogP contribution is 2.44. The van der Waals surface area contributed by atoms with Crippen molar-refractivity contribution < 1.29 is 4.79 Å². The molecule has 1 aromatic rings. The van der Waals surface area contributed by atoms with Crippen LogP contribution < -0.4 is 10.6 Å². The van der Waals surface area contributed by atoms with Gasteiger partial charge in [0, 0.05) is 16.7 Å². The van der Waals surface area contributed by atoms with Gasteiger partial charge in [-0.1, -0.05) is 34.8 Å². The van der Waals surface area contributed by atoms with Crippen molar-refractivity contribution in [3.63, 3.8) is 0 Å². The van der Waals surface area contributed by atoms with Crippen molar-refractivity contribution in [2.45, 2.75) is 32.6 Å². The minimum atomic E-state index is -0.187. The van der Waals surface area contributed by atoms with E-state index in [1.54, 1.807) is 0 Å². The first-order valence-corrected chi connectivity index (χ1v) is 8.20. The van der Waals surface area contributed by atoms with Gasteiger partial charge in [-0.3, -0.25) is 4.79 Å². The Morgan fingerprint density at radius 3 is 3.15 bits per heavy atom. The molecule has 0 bridgehead atoms. The van der Waals surface area contributed by atoms with Crippen molar-refractivity contribution in [3.8, 4) is 0 Å². The van der Waals surface area contributed by atoms with E-state index in [-0.39, 0.29) is 11.3 Å². The van der Waals surface area contributed by atoms with Crippen LogP contribution in [0, 0.1) is 18.3 Å². The molecule has 2 fully saturated rings. The molecule has 1 saturated heterocycles. The normalized spacial score (nSPS) is 29.0. The van der Waals surface area contributed by atoms with E-state index in [2.05, 4.69) is 26.6 Å². The number of nitrogens with one attached hydrogen (secondary N) is 2. The average molecular weight is 337 g/mol. The van der Waals surface area contributed by atoms with Gasteiger partial charge in [0.25, 0.3) is 0 Å². The number of carbonyl (C=O) groups is 1. The zero-order valence-electron chi connectivity index (χ0n) is 11.8. The van der Waals surface area contributed by atoms with Crippen molar-refractivity contribution >= 4 is 27.5 Å². The van der Waals surface area contributed by atoms with Crippen LogP contribution in [-0.2, 0) is 4.79 Å². The summed E-state index contributed by atoms with van der Waals surface area (Å²) in [6, 6.07) is 5.95. The fourth-order valence-corrected chi connectivity index (χ4v) is 4.05. The summed E-state index contributed by atoms with van der Waals surface area (Å²) in [6.45, 7) is 3.85. The van der Waals surface area contributed by atoms with E-state index >= 15 is 0 Å². The van der Waals surface area contributed by atoms with E-state index in [0.29, 0.717) is 5.92 Å². The number of halogens is 1. The number of amides is 1. The monoisotopic (exact) mass is 336 g/mol. The second-order valence-electron chi connectivity index (χ2n) is 6.10. The first-order valence-electron chi connectivity index (χ1n) is 7.41. The van der Waals surface area contributed by atoms with Crippen LogP contribution in [0.25, 0.3) is 0 Å². The second kappa shape index (κ2) is 5.49. The lowest BCUT2D eigenvalue weighted by Crippen LogP contribution is -2.44. The average Bonchev–Trinajstić information content (AvgIpc) is 2.89. The molecule has 2 N–H and O–H groups in total. The Morgan fingerprint density at radius 2 is 2.30 bits per heavy atom. The van der Waals surface area contributed by atoms with E-state index in [0.717, 1.165) is 35.2 Å². The van der Waals surface area contributed by atoms with Crippen molar-refractivity contribution in [1.82, 2.24) is 5.32 Å². The lowest BCUT2D eigenvalue weighted by molar-refractivity contribution is -0.128. The second-order valence-corrected chi connectivity index (χ2v) is 6.95. The summed E-state index contributed by atoms with van der Waals surface area (Å²) in [7, 11) is 0. The summed E-state index contributed by atoms with van der Waals surface area (Å²) >= 11 is 3.52. The van der Waals surface area contributed by atoms with Crippen LogP contribution in [0.1, 0.15) is 31.2 Å². The third-order valence-corrected chi connectivity index (χ3v) is 5.87. The van der Waals surface area contributed by atoms with Gasteiger partial charge in [-0.25, -0.2) is 0 Å². The Morgan fingerprint density at radius 1 is 1.45 bits per heavy atom. The molecule has 0 spiro atoms. The van der Waals surface area contributed by atoms with E-state index in [4.69, 9.17) is 0 Å². The Labute approximate surface area is 128 Å². The topological polar surface area (TPSA) is 41.1 Å². The highest BCUT2D eigenvalue weighted by atomic mass is 79.9. The van der Waals surface area contributed by atoms with Crippen molar-refractivity contribution in [1.29, 1.82) is 0 Å². The van der Waals surface area contributed by atoms with E-state index in [9.17, 15) is 4.79 Å². The van der Waals surface area contributed by atoms with Crippen LogP contribution in [0.5, 0.6) is 0 Å². The molecule has 1 aliphatic heterocycles. The predicted molar refractivity (Wildman–Crippen MR) is 84.8 cm³/mol. The van der Waals surface area contributed by atoms with Gasteiger partial charge in [-0.2, -0.15) is 0 Å². The fraction of sp³-hybridized carbons (Fsp3) is 0.562. The standard InChI is InChI=1S/C16H21BrN2O/c1-11-13(17)6-4-7-14(11)19-15(20)16-8-3-2-5-12(16)9-18-10-16/h4,6-7,12,18H,2-3,5,8-10H2,1H3,(H,19,20)/t12-,16+/m0/s1. The number of anilines is 1. The van der Waals surface area contributed by atoms with Gasteiger partial charge in [0.2, 0.25) is 5.91 Å². The predicted octanol–water partition coefficient (Wildman–Crippen LogP) is 3.48. The summed E-state index contributed by atoms with van der Waals surface area (Å²) in [5, 5.41) is 6.60. The lowest BCUT2D eigenvalue weighted by Gasteiger charge is -2.37. The Hall–Kier alpha value is -0.870. The summed E-state index contributed by atoms with van der Waals surface area (Å²) in [6.07, 6.45) is 4.63. The SMILES string of the molecule is Cc1c(Br)cccc1NC(=O)[C@@]12CCCC[C@H]1CNC2. The number of benzene rings is 1. The molecule has 4 heteroatoms. The molecule has 1 aliphatic carbocycles. The molecule has 0 radical (unpaired) electrons. The molecule has 3 nitrogen and oxygen atoms in total. The number of hydrogen-bond acceptors (Lipinski definition) is 2. The molecule has 1 saturated carbocycles. The van der Waals surface area contributed by atoms with Crippen molar-refractivity contribution in [2.24, 2.45) is 11.3 Å². The quantitative estimate of drug-likeness (QED) is 0.868. The van der Waals surface area contributed by atoms with Gasteiger partial charge in [-0.15, -0.1) is 0 Å². The molecule has 108 valence electrons. The number of fused-ring (bicyclic) bond motifs is 1. The minimum Gasteiger partial charge on any atom is -0.325 e. The third kappa shape index (κ3) is 2.29. The largest absolute Gasteiger partial charge is 0.325 e. The number of hydrogen-bond donors (Lipinski definition) is 2. The summed E-state index contributed by atoms with van der Waals surface area (Å²) < 4.78 is 1.04. The molecule has 1 aromatic carbocycles. The van der Waals surface area contributed by atoms with Crippen molar-refractivity contribution in [3.05, 3.63) is 28.2 Å². The molecule has 20 heavy (non-hydrogen) atoms. The smallest absolute Gasteiger partial charge is 0.232 e. The van der Waals surface area contributed by atoms with E-state index < -0.39 is 0 Å². The maximum atomic E-state index is 12.9. The van der Waals surface area contributed by atoms with Crippen LogP contribution in [-0.4, -0.2) is 19.0 Å². The molecular formula is C16H21BrN2O. The van der Waals surface area contributed by atoms with Gasteiger partial charge >= 0.3 is 0 Å². The van der Waals surface area contributed by atoms with Gasteiger partial charge in [-0.05, 0) is 49.9 Å². The maximum Gasteiger partial charge on any atom is 0.232 e.